The molecule has 2 N–H and O–H groups in total. The highest BCUT2D eigenvalue weighted by Gasteiger charge is 2.12. The molecule has 0 fully saturated rings. The number of carbonyl (C=O) groups excluding carboxylic acids is 1. The molecule has 4 aromatic rings. The standard InChI is InChI=1S/C19H19N5O2/c1-13-7-8-18(26-13)15-11-16(23-22-15)19(25)20-9-4-10-24-12-21-14-5-2-3-6-17(14)24/h2-3,5-8,11-12H,4,9-10H2,1H3,(H,20,25)(H,22,23). The fraction of sp³-hybridized carbons (Fsp3) is 0.211. The van der Waals surface area contributed by atoms with E-state index in [4.69, 9.17) is 4.42 Å². The van der Waals surface area contributed by atoms with Crippen molar-refractivity contribution in [2.75, 3.05) is 6.54 Å². The van der Waals surface area contributed by atoms with E-state index in [-0.39, 0.29) is 5.91 Å². The van der Waals surface area contributed by atoms with Gasteiger partial charge in [-0.1, -0.05) is 12.1 Å². The van der Waals surface area contributed by atoms with Gasteiger partial charge in [0.25, 0.3) is 5.91 Å². The number of aromatic amines is 1. The van der Waals surface area contributed by atoms with Crippen molar-refractivity contribution >= 4 is 16.9 Å². The quantitative estimate of drug-likeness (QED) is 0.523. The first-order chi connectivity index (χ1) is 12.7. The number of carbonyl (C=O) groups is 1. The highest BCUT2D eigenvalue weighted by atomic mass is 16.3. The Morgan fingerprint density at radius 3 is 3.00 bits per heavy atom. The Bertz CT molecular complexity index is 1040. The predicted molar refractivity (Wildman–Crippen MR) is 97.7 cm³/mol. The lowest BCUT2D eigenvalue weighted by Crippen LogP contribution is -2.25. The Morgan fingerprint density at radius 2 is 2.15 bits per heavy atom. The van der Waals surface area contributed by atoms with Crippen LogP contribution in [0.5, 0.6) is 0 Å². The number of hydrogen-bond donors (Lipinski definition) is 2. The summed E-state index contributed by atoms with van der Waals surface area (Å²) < 4.78 is 7.62. The van der Waals surface area contributed by atoms with Crippen LogP contribution < -0.4 is 5.32 Å². The molecule has 4 rings (SSSR count). The SMILES string of the molecule is Cc1ccc(-c2cc(C(=O)NCCCn3cnc4ccccc43)n[nH]2)o1. The highest BCUT2D eigenvalue weighted by molar-refractivity contribution is 5.93. The summed E-state index contributed by atoms with van der Waals surface area (Å²) in [5.74, 6) is 1.28. The molecule has 7 heteroatoms. The summed E-state index contributed by atoms with van der Waals surface area (Å²) in [6, 6.07) is 13.4. The number of fused-ring (bicyclic) bond motifs is 1. The summed E-state index contributed by atoms with van der Waals surface area (Å²) in [5.41, 5.74) is 3.12. The van der Waals surface area contributed by atoms with Gasteiger partial charge in [-0.3, -0.25) is 9.89 Å². The summed E-state index contributed by atoms with van der Waals surface area (Å²) in [6.45, 7) is 3.22. The van der Waals surface area contributed by atoms with Crippen LogP contribution in [-0.2, 0) is 6.54 Å². The van der Waals surface area contributed by atoms with E-state index < -0.39 is 0 Å². The minimum atomic E-state index is -0.203. The first-order valence-electron chi connectivity index (χ1n) is 8.51. The van der Waals surface area contributed by atoms with Crippen LogP contribution in [0, 0.1) is 6.92 Å². The van der Waals surface area contributed by atoms with Crippen LogP contribution >= 0.6 is 0 Å². The summed E-state index contributed by atoms with van der Waals surface area (Å²) in [7, 11) is 0. The molecule has 0 aliphatic carbocycles. The number of hydrogen-bond acceptors (Lipinski definition) is 4. The van der Waals surface area contributed by atoms with Crippen molar-refractivity contribution in [1.29, 1.82) is 0 Å². The molecular weight excluding hydrogens is 330 g/mol. The zero-order valence-electron chi connectivity index (χ0n) is 14.4. The van der Waals surface area contributed by atoms with Crippen molar-refractivity contribution in [2.24, 2.45) is 0 Å². The van der Waals surface area contributed by atoms with Crippen LogP contribution in [0.15, 0.2) is 53.2 Å². The van der Waals surface area contributed by atoms with Gasteiger partial charge in [0, 0.05) is 19.2 Å². The zero-order valence-corrected chi connectivity index (χ0v) is 14.4. The summed E-state index contributed by atoms with van der Waals surface area (Å²) in [6.07, 6.45) is 2.64. The van der Waals surface area contributed by atoms with E-state index in [0.717, 1.165) is 29.8 Å². The molecule has 0 saturated heterocycles. The largest absolute Gasteiger partial charge is 0.460 e. The second kappa shape index (κ2) is 6.87. The average molecular weight is 349 g/mol. The monoisotopic (exact) mass is 349 g/mol. The number of amides is 1. The molecule has 0 aliphatic rings. The number of H-pyrrole nitrogens is 1. The summed E-state index contributed by atoms with van der Waals surface area (Å²) in [5, 5.41) is 9.78. The number of aryl methyl sites for hydroxylation is 2. The molecule has 0 unspecified atom stereocenters. The third kappa shape index (κ3) is 3.23. The van der Waals surface area contributed by atoms with Crippen molar-refractivity contribution in [1.82, 2.24) is 25.1 Å². The van der Waals surface area contributed by atoms with Gasteiger partial charge in [0.2, 0.25) is 0 Å². The van der Waals surface area contributed by atoms with E-state index in [9.17, 15) is 4.79 Å². The van der Waals surface area contributed by atoms with Gasteiger partial charge in [0.05, 0.1) is 17.4 Å². The molecule has 0 radical (unpaired) electrons. The van der Waals surface area contributed by atoms with E-state index in [0.29, 0.717) is 23.7 Å². The van der Waals surface area contributed by atoms with E-state index in [2.05, 4.69) is 25.1 Å². The van der Waals surface area contributed by atoms with Gasteiger partial charge in [-0.25, -0.2) is 4.98 Å². The molecule has 0 saturated carbocycles. The lowest BCUT2D eigenvalue weighted by atomic mass is 10.3. The second-order valence-corrected chi connectivity index (χ2v) is 6.11. The molecule has 1 amide bonds. The van der Waals surface area contributed by atoms with Crippen LogP contribution in [0.25, 0.3) is 22.5 Å². The molecule has 0 spiro atoms. The van der Waals surface area contributed by atoms with Crippen LogP contribution in [0.4, 0.5) is 0 Å². The number of furan rings is 1. The minimum absolute atomic E-state index is 0.203. The highest BCUT2D eigenvalue weighted by Crippen LogP contribution is 2.20. The van der Waals surface area contributed by atoms with Crippen LogP contribution in [-0.4, -0.2) is 32.2 Å². The number of aromatic nitrogens is 4. The van der Waals surface area contributed by atoms with Gasteiger partial charge < -0.3 is 14.3 Å². The molecular formula is C19H19N5O2. The maximum absolute atomic E-state index is 12.2. The molecule has 1 aromatic carbocycles. The summed E-state index contributed by atoms with van der Waals surface area (Å²) in [4.78, 5) is 16.6. The topological polar surface area (TPSA) is 88.7 Å². The van der Waals surface area contributed by atoms with Gasteiger partial charge in [-0.15, -0.1) is 0 Å². The lowest BCUT2D eigenvalue weighted by molar-refractivity contribution is 0.0948. The molecule has 26 heavy (non-hydrogen) atoms. The maximum Gasteiger partial charge on any atom is 0.271 e. The maximum atomic E-state index is 12.2. The molecule has 132 valence electrons. The fourth-order valence-corrected chi connectivity index (χ4v) is 2.87. The van der Waals surface area contributed by atoms with Gasteiger partial charge in [0.1, 0.15) is 11.5 Å². The Hall–Kier alpha value is -3.35. The number of nitrogens with one attached hydrogen (secondary N) is 2. The molecule has 0 aliphatic heterocycles. The van der Waals surface area contributed by atoms with Crippen molar-refractivity contribution in [3.8, 4) is 11.5 Å². The number of rotatable bonds is 6. The number of nitrogens with zero attached hydrogens (tertiary/aromatic N) is 3. The predicted octanol–water partition coefficient (Wildman–Crippen LogP) is 3.15. The van der Waals surface area contributed by atoms with E-state index in [1.807, 2.05) is 49.6 Å². The van der Waals surface area contributed by atoms with Gasteiger partial charge >= 0.3 is 0 Å². The Morgan fingerprint density at radius 1 is 1.27 bits per heavy atom. The van der Waals surface area contributed by atoms with Crippen LogP contribution in [0.2, 0.25) is 0 Å². The summed E-state index contributed by atoms with van der Waals surface area (Å²) >= 11 is 0. The lowest BCUT2D eigenvalue weighted by Gasteiger charge is -2.05. The molecule has 3 heterocycles. The third-order valence-corrected chi connectivity index (χ3v) is 4.21. The third-order valence-electron chi connectivity index (χ3n) is 4.21. The van der Waals surface area contributed by atoms with E-state index >= 15 is 0 Å². The molecule has 3 aromatic heterocycles. The van der Waals surface area contributed by atoms with Crippen molar-refractivity contribution in [3.63, 3.8) is 0 Å². The number of imidazole rings is 1. The van der Waals surface area contributed by atoms with Crippen LogP contribution in [0.3, 0.4) is 0 Å². The van der Waals surface area contributed by atoms with E-state index in [1.54, 1.807) is 6.07 Å². The average Bonchev–Trinajstić information content (AvgIpc) is 3.38. The zero-order chi connectivity index (χ0) is 17.9. The minimum Gasteiger partial charge on any atom is -0.460 e. The first-order valence-corrected chi connectivity index (χ1v) is 8.51. The Kier molecular flexibility index (Phi) is 4.27. The molecule has 0 bridgehead atoms. The number of benzene rings is 1. The van der Waals surface area contributed by atoms with Crippen molar-refractivity contribution in [3.05, 3.63) is 60.2 Å². The van der Waals surface area contributed by atoms with Gasteiger partial charge in [-0.05, 0) is 37.6 Å². The fourth-order valence-electron chi connectivity index (χ4n) is 2.87. The van der Waals surface area contributed by atoms with Gasteiger partial charge in [0.15, 0.2) is 11.5 Å². The van der Waals surface area contributed by atoms with E-state index in [1.165, 1.54) is 0 Å². The van der Waals surface area contributed by atoms with Crippen LogP contribution in [0.1, 0.15) is 22.7 Å². The Balaban J connectivity index is 1.31. The normalized spacial score (nSPS) is 11.1. The van der Waals surface area contributed by atoms with Gasteiger partial charge in [-0.2, -0.15) is 5.10 Å². The van der Waals surface area contributed by atoms with Crippen molar-refractivity contribution < 1.29 is 9.21 Å². The Labute approximate surface area is 150 Å². The molecule has 7 nitrogen and oxygen atoms in total. The molecule has 0 atom stereocenters. The van der Waals surface area contributed by atoms with Crippen molar-refractivity contribution in [2.45, 2.75) is 19.9 Å². The first kappa shape index (κ1) is 16.1. The smallest absolute Gasteiger partial charge is 0.271 e. The second-order valence-electron chi connectivity index (χ2n) is 6.11. The number of para-hydroxylation sites is 2.